The molecule has 0 bridgehead atoms. The molecule has 1 N–H and O–H groups in total. The van der Waals surface area contributed by atoms with E-state index in [4.69, 9.17) is 4.99 Å². The van der Waals surface area contributed by atoms with Gasteiger partial charge in [0.1, 0.15) is 5.75 Å². The fraction of sp³-hybridized carbons (Fsp3) is 0.346. The summed E-state index contributed by atoms with van der Waals surface area (Å²) < 4.78 is 0. The Hall–Kier alpha value is -3.01. The Labute approximate surface area is 176 Å². The average molecular weight is 399 g/mol. The molecule has 2 aliphatic carbocycles. The third kappa shape index (κ3) is 2.63. The standard InChI is InChI=1S/C26H25NO3/c1-13-9-15(10-14(2)24(13)29)20-21-18(11-26(3,4)12-19(21)28)27-23-16-7-5-6-8-17(16)25(30)22(20)23/h5-10,20,22,29H,11-12H2,1-4H3/t20-,22+/m0/s1. The lowest BCUT2D eigenvalue weighted by Gasteiger charge is -2.38. The van der Waals surface area contributed by atoms with Crippen molar-refractivity contribution in [1.29, 1.82) is 0 Å². The fourth-order valence-corrected chi connectivity index (χ4v) is 5.41. The van der Waals surface area contributed by atoms with Crippen molar-refractivity contribution < 1.29 is 14.7 Å². The van der Waals surface area contributed by atoms with Gasteiger partial charge in [-0.1, -0.05) is 50.2 Å². The smallest absolute Gasteiger partial charge is 0.173 e. The molecule has 0 fully saturated rings. The van der Waals surface area contributed by atoms with Gasteiger partial charge in [0.05, 0.1) is 11.6 Å². The van der Waals surface area contributed by atoms with Crippen molar-refractivity contribution >= 4 is 17.3 Å². The zero-order chi connectivity index (χ0) is 21.4. The monoisotopic (exact) mass is 399 g/mol. The predicted octanol–water partition coefficient (Wildman–Crippen LogP) is 5.05. The molecule has 0 saturated heterocycles. The Morgan fingerprint density at radius 3 is 2.27 bits per heavy atom. The minimum Gasteiger partial charge on any atom is -0.507 e. The molecule has 0 spiro atoms. The van der Waals surface area contributed by atoms with Gasteiger partial charge < -0.3 is 5.11 Å². The fourth-order valence-electron chi connectivity index (χ4n) is 5.41. The molecular formula is C26H25NO3. The second-order valence-electron chi connectivity index (χ2n) is 9.67. The summed E-state index contributed by atoms with van der Waals surface area (Å²) in [6.45, 7) is 7.91. The van der Waals surface area contributed by atoms with E-state index in [1.807, 2.05) is 50.2 Å². The summed E-state index contributed by atoms with van der Waals surface area (Å²) in [5.41, 5.74) is 6.12. The number of aromatic hydroxyl groups is 1. The molecule has 4 nitrogen and oxygen atoms in total. The first-order valence-electron chi connectivity index (χ1n) is 10.5. The number of phenolic OH excluding ortho intramolecular Hbond substituents is 1. The molecule has 5 rings (SSSR count). The van der Waals surface area contributed by atoms with E-state index in [0.29, 0.717) is 24.0 Å². The van der Waals surface area contributed by atoms with Gasteiger partial charge in [-0.3, -0.25) is 14.6 Å². The number of ketones is 2. The van der Waals surface area contributed by atoms with E-state index in [9.17, 15) is 14.7 Å². The van der Waals surface area contributed by atoms with Crippen LogP contribution in [0.15, 0.2) is 52.7 Å². The van der Waals surface area contributed by atoms with Crippen LogP contribution in [-0.4, -0.2) is 22.4 Å². The minimum absolute atomic E-state index is 0.0296. The number of fused-ring (bicyclic) bond motifs is 3. The van der Waals surface area contributed by atoms with Gasteiger partial charge in [-0.05, 0) is 42.4 Å². The van der Waals surface area contributed by atoms with Crippen molar-refractivity contribution in [1.82, 2.24) is 0 Å². The zero-order valence-electron chi connectivity index (χ0n) is 17.7. The van der Waals surface area contributed by atoms with Crippen LogP contribution in [0, 0.1) is 25.2 Å². The Bertz CT molecular complexity index is 1180. The van der Waals surface area contributed by atoms with Crippen LogP contribution in [0.4, 0.5) is 0 Å². The molecule has 0 radical (unpaired) electrons. The molecule has 0 aromatic heterocycles. The lowest BCUT2D eigenvalue weighted by molar-refractivity contribution is -0.118. The van der Waals surface area contributed by atoms with Gasteiger partial charge in [-0.15, -0.1) is 0 Å². The summed E-state index contributed by atoms with van der Waals surface area (Å²) in [6.07, 6.45) is 1.17. The summed E-state index contributed by atoms with van der Waals surface area (Å²) in [5, 5.41) is 10.3. The number of benzene rings is 2. The SMILES string of the molecule is Cc1cc([C@H]2C3=C(CC(C)(C)CC3=O)N=C3c4ccccc4C(=O)[C@@H]32)cc(C)c1O. The molecule has 30 heavy (non-hydrogen) atoms. The van der Waals surface area contributed by atoms with E-state index in [1.54, 1.807) is 0 Å². The molecule has 2 aromatic rings. The Kier molecular flexibility index (Phi) is 3.95. The maximum absolute atomic E-state index is 13.5. The van der Waals surface area contributed by atoms with Crippen LogP contribution < -0.4 is 0 Å². The number of phenols is 1. The normalized spacial score (nSPS) is 24.3. The first-order chi connectivity index (χ1) is 14.2. The highest BCUT2D eigenvalue weighted by molar-refractivity contribution is 6.30. The zero-order valence-corrected chi connectivity index (χ0v) is 17.7. The van der Waals surface area contributed by atoms with Crippen molar-refractivity contribution in [2.45, 2.75) is 46.5 Å². The highest BCUT2D eigenvalue weighted by Crippen LogP contribution is 2.51. The number of allylic oxidation sites excluding steroid dienone is 2. The van der Waals surface area contributed by atoms with Gasteiger partial charge in [0.15, 0.2) is 11.6 Å². The third-order valence-corrected chi connectivity index (χ3v) is 6.71. The van der Waals surface area contributed by atoms with Gasteiger partial charge >= 0.3 is 0 Å². The molecular weight excluding hydrogens is 374 g/mol. The Morgan fingerprint density at radius 2 is 1.60 bits per heavy atom. The van der Waals surface area contributed by atoms with Gasteiger partial charge in [-0.2, -0.15) is 0 Å². The van der Waals surface area contributed by atoms with E-state index >= 15 is 0 Å². The number of aliphatic imine (C=N–C) groups is 1. The van der Waals surface area contributed by atoms with Gasteiger partial charge in [0.2, 0.25) is 0 Å². The maximum atomic E-state index is 13.5. The van der Waals surface area contributed by atoms with Crippen molar-refractivity contribution in [3.8, 4) is 5.75 Å². The Balaban J connectivity index is 1.79. The topological polar surface area (TPSA) is 66.7 Å². The molecule has 0 amide bonds. The first kappa shape index (κ1) is 19.0. The Morgan fingerprint density at radius 1 is 0.967 bits per heavy atom. The molecule has 2 atom stereocenters. The molecule has 0 saturated carbocycles. The second kappa shape index (κ2) is 6.24. The lowest BCUT2D eigenvalue weighted by Crippen LogP contribution is -2.37. The molecule has 152 valence electrons. The second-order valence-corrected chi connectivity index (χ2v) is 9.67. The van der Waals surface area contributed by atoms with Gasteiger partial charge in [-0.25, -0.2) is 0 Å². The first-order valence-corrected chi connectivity index (χ1v) is 10.5. The molecule has 2 aromatic carbocycles. The molecule has 0 unspecified atom stereocenters. The number of carbonyl (C=O) groups is 2. The van der Waals surface area contributed by atoms with E-state index in [2.05, 4.69) is 13.8 Å². The number of nitrogens with zero attached hydrogens (tertiary/aromatic N) is 1. The molecule has 4 heteroatoms. The van der Waals surface area contributed by atoms with Crippen LogP contribution >= 0.6 is 0 Å². The summed E-state index contributed by atoms with van der Waals surface area (Å²) in [6, 6.07) is 11.5. The largest absolute Gasteiger partial charge is 0.507 e. The van der Waals surface area contributed by atoms with Gasteiger partial charge in [0, 0.05) is 34.7 Å². The maximum Gasteiger partial charge on any atom is 0.173 e. The highest BCUT2D eigenvalue weighted by atomic mass is 16.3. The van der Waals surface area contributed by atoms with E-state index in [0.717, 1.165) is 33.7 Å². The van der Waals surface area contributed by atoms with Crippen molar-refractivity contribution in [2.24, 2.45) is 16.3 Å². The quantitative estimate of drug-likeness (QED) is 0.730. The van der Waals surface area contributed by atoms with Gasteiger partial charge in [0.25, 0.3) is 0 Å². The van der Waals surface area contributed by atoms with Crippen LogP contribution in [0.1, 0.15) is 65.2 Å². The van der Waals surface area contributed by atoms with E-state index < -0.39 is 5.92 Å². The van der Waals surface area contributed by atoms with Crippen molar-refractivity contribution in [3.05, 3.63) is 75.5 Å². The molecule has 1 heterocycles. The predicted molar refractivity (Wildman–Crippen MR) is 116 cm³/mol. The van der Waals surface area contributed by atoms with Crippen molar-refractivity contribution in [2.75, 3.05) is 0 Å². The van der Waals surface area contributed by atoms with E-state index in [-0.39, 0.29) is 28.6 Å². The van der Waals surface area contributed by atoms with Crippen LogP contribution in [0.5, 0.6) is 5.75 Å². The number of rotatable bonds is 1. The minimum atomic E-state index is -0.491. The van der Waals surface area contributed by atoms with Crippen molar-refractivity contribution in [3.63, 3.8) is 0 Å². The summed E-state index contributed by atoms with van der Waals surface area (Å²) >= 11 is 0. The van der Waals surface area contributed by atoms with Crippen LogP contribution in [-0.2, 0) is 4.79 Å². The highest BCUT2D eigenvalue weighted by Gasteiger charge is 2.50. The summed E-state index contributed by atoms with van der Waals surface area (Å²) in [4.78, 5) is 31.8. The average Bonchev–Trinajstić information content (AvgIpc) is 2.96. The van der Waals surface area contributed by atoms with Crippen LogP contribution in [0.2, 0.25) is 0 Å². The third-order valence-electron chi connectivity index (χ3n) is 6.71. The number of Topliss-reactive ketones (excluding diaryl/α,β-unsaturated/α-hetero) is 2. The van der Waals surface area contributed by atoms with Crippen LogP contribution in [0.25, 0.3) is 0 Å². The number of aryl methyl sites for hydroxylation is 2. The number of hydrogen-bond acceptors (Lipinski definition) is 4. The summed E-state index contributed by atoms with van der Waals surface area (Å²) in [5.74, 6) is -0.485. The lowest BCUT2D eigenvalue weighted by atomic mass is 9.66. The van der Waals surface area contributed by atoms with Crippen LogP contribution in [0.3, 0.4) is 0 Å². The molecule has 1 aliphatic heterocycles. The van der Waals surface area contributed by atoms with E-state index in [1.165, 1.54) is 0 Å². The number of carbonyl (C=O) groups excluding carboxylic acids is 2. The molecule has 3 aliphatic rings. The number of hydrogen-bond donors (Lipinski definition) is 1. The summed E-state index contributed by atoms with van der Waals surface area (Å²) in [7, 11) is 0.